The van der Waals surface area contributed by atoms with Crippen molar-refractivity contribution in [2.75, 3.05) is 20.3 Å². The third kappa shape index (κ3) is 2.68. The van der Waals surface area contributed by atoms with Crippen LogP contribution >= 0.6 is 0 Å². The van der Waals surface area contributed by atoms with Crippen molar-refractivity contribution in [2.24, 2.45) is 11.3 Å². The van der Waals surface area contributed by atoms with Gasteiger partial charge in [-0.1, -0.05) is 6.92 Å². The molecular weight excluding hydrogens is 162 g/mol. The summed E-state index contributed by atoms with van der Waals surface area (Å²) in [7, 11) is 1.80. The lowest BCUT2D eigenvalue weighted by Gasteiger charge is -2.19. The van der Waals surface area contributed by atoms with Gasteiger partial charge in [0, 0.05) is 19.7 Å². The van der Waals surface area contributed by atoms with Gasteiger partial charge in [0.05, 0.1) is 6.61 Å². The molecule has 1 atom stereocenters. The molecule has 0 aromatic heterocycles. The van der Waals surface area contributed by atoms with E-state index in [9.17, 15) is 0 Å². The van der Waals surface area contributed by atoms with Crippen molar-refractivity contribution in [1.29, 1.82) is 0 Å². The van der Waals surface area contributed by atoms with Crippen molar-refractivity contribution >= 4 is 0 Å². The fourth-order valence-corrected chi connectivity index (χ4v) is 1.81. The Hall–Kier alpha value is -0.0800. The van der Waals surface area contributed by atoms with Crippen molar-refractivity contribution in [3.63, 3.8) is 0 Å². The zero-order valence-corrected chi connectivity index (χ0v) is 8.81. The number of ether oxygens (including phenoxy) is 1. The van der Waals surface area contributed by atoms with Crippen LogP contribution < -0.4 is 5.32 Å². The molecule has 2 heteroatoms. The fourth-order valence-electron chi connectivity index (χ4n) is 1.81. The molecular formula is C11H21NO. The van der Waals surface area contributed by atoms with E-state index in [0.29, 0.717) is 11.5 Å². The van der Waals surface area contributed by atoms with Gasteiger partial charge in [-0.05, 0) is 37.0 Å². The Morgan fingerprint density at radius 3 is 2.62 bits per heavy atom. The molecule has 1 unspecified atom stereocenters. The van der Waals surface area contributed by atoms with E-state index in [0.717, 1.165) is 12.5 Å². The normalized spacial score (nSPS) is 27.2. The first kappa shape index (κ1) is 9.47. The van der Waals surface area contributed by atoms with Gasteiger partial charge in [-0.3, -0.25) is 0 Å². The van der Waals surface area contributed by atoms with Crippen LogP contribution in [-0.4, -0.2) is 26.3 Å². The smallest absolute Gasteiger partial charge is 0.0618 e. The minimum atomic E-state index is 0.626. The molecule has 0 saturated heterocycles. The molecule has 2 aliphatic carbocycles. The van der Waals surface area contributed by atoms with Crippen molar-refractivity contribution in [3.05, 3.63) is 0 Å². The van der Waals surface area contributed by atoms with Gasteiger partial charge in [-0.25, -0.2) is 0 Å². The largest absolute Gasteiger partial charge is 0.383 e. The average Bonchev–Trinajstić information content (AvgIpc) is 2.94. The maximum absolute atomic E-state index is 5.23. The van der Waals surface area contributed by atoms with Crippen LogP contribution in [0.3, 0.4) is 0 Å². The second-order valence-corrected chi connectivity index (χ2v) is 5.09. The summed E-state index contributed by atoms with van der Waals surface area (Å²) in [5, 5.41) is 3.66. The molecule has 0 spiro atoms. The van der Waals surface area contributed by atoms with E-state index in [1.807, 2.05) is 0 Å². The van der Waals surface area contributed by atoms with E-state index in [-0.39, 0.29) is 0 Å². The summed E-state index contributed by atoms with van der Waals surface area (Å²) in [5.74, 6) is 0.905. The minimum Gasteiger partial charge on any atom is -0.383 e. The van der Waals surface area contributed by atoms with Crippen molar-refractivity contribution in [2.45, 2.75) is 38.6 Å². The zero-order chi connectivity index (χ0) is 9.31. The first-order valence-electron chi connectivity index (χ1n) is 5.46. The Kier molecular flexibility index (Phi) is 2.61. The van der Waals surface area contributed by atoms with Gasteiger partial charge < -0.3 is 10.1 Å². The third-order valence-electron chi connectivity index (χ3n) is 3.43. The highest BCUT2D eigenvalue weighted by Crippen LogP contribution is 2.44. The summed E-state index contributed by atoms with van der Waals surface area (Å²) in [6, 6.07) is 0.627. The quantitative estimate of drug-likeness (QED) is 0.678. The topological polar surface area (TPSA) is 21.3 Å². The molecule has 0 bridgehead atoms. The highest BCUT2D eigenvalue weighted by atomic mass is 16.5. The molecule has 13 heavy (non-hydrogen) atoms. The van der Waals surface area contributed by atoms with E-state index >= 15 is 0 Å². The highest BCUT2D eigenvalue weighted by molar-refractivity contribution is 4.94. The second kappa shape index (κ2) is 3.58. The zero-order valence-electron chi connectivity index (χ0n) is 8.81. The number of hydrogen-bond acceptors (Lipinski definition) is 2. The maximum atomic E-state index is 5.23. The summed E-state index contributed by atoms with van der Waals surface area (Å²) < 4.78 is 5.23. The third-order valence-corrected chi connectivity index (χ3v) is 3.43. The molecule has 0 heterocycles. The van der Waals surface area contributed by atoms with Crippen LogP contribution in [-0.2, 0) is 4.74 Å². The number of nitrogens with one attached hydrogen (secondary N) is 1. The Labute approximate surface area is 81.0 Å². The monoisotopic (exact) mass is 183 g/mol. The Bertz CT molecular complexity index is 173. The predicted octanol–water partition coefficient (Wildman–Crippen LogP) is 1.80. The first-order valence-corrected chi connectivity index (χ1v) is 5.46. The fraction of sp³-hybridized carbons (Fsp3) is 1.00. The standard InChI is InChI=1S/C11H21NO/c1-11(5-6-11)8-12-10(7-13-2)9-3-4-9/h9-10,12H,3-8H2,1-2H3. The van der Waals surface area contributed by atoms with Gasteiger partial charge in [0.25, 0.3) is 0 Å². The molecule has 2 saturated carbocycles. The summed E-state index contributed by atoms with van der Waals surface area (Å²) in [5.41, 5.74) is 0.626. The van der Waals surface area contributed by atoms with Gasteiger partial charge in [-0.2, -0.15) is 0 Å². The van der Waals surface area contributed by atoms with Crippen molar-refractivity contribution < 1.29 is 4.74 Å². The highest BCUT2D eigenvalue weighted by Gasteiger charge is 2.39. The van der Waals surface area contributed by atoms with Gasteiger partial charge in [0.1, 0.15) is 0 Å². The number of rotatable bonds is 6. The summed E-state index contributed by atoms with van der Waals surface area (Å²) in [4.78, 5) is 0. The van der Waals surface area contributed by atoms with Crippen LogP contribution in [0.15, 0.2) is 0 Å². The molecule has 2 nitrogen and oxygen atoms in total. The molecule has 2 aliphatic rings. The van der Waals surface area contributed by atoms with Crippen LogP contribution in [0.1, 0.15) is 32.6 Å². The van der Waals surface area contributed by atoms with E-state index in [1.54, 1.807) is 7.11 Å². The lowest BCUT2D eigenvalue weighted by atomic mass is 10.1. The van der Waals surface area contributed by atoms with E-state index in [1.165, 1.54) is 32.2 Å². The second-order valence-electron chi connectivity index (χ2n) is 5.09. The SMILES string of the molecule is COCC(NCC1(C)CC1)C1CC1. The first-order chi connectivity index (χ1) is 6.23. The Morgan fingerprint density at radius 2 is 2.15 bits per heavy atom. The summed E-state index contributed by atoms with van der Waals surface area (Å²) in [6.07, 6.45) is 5.62. The lowest BCUT2D eigenvalue weighted by Crippen LogP contribution is -2.38. The molecule has 0 aromatic carbocycles. The predicted molar refractivity (Wildman–Crippen MR) is 53.7 cm³/mol. The average molecular weight is 183 g/mol. The molecule has 0 aliphatic heterocycles. The Balaban J connectivity index is 1.69. The van der Waals surface area contributed by atoms with Gasteiger partial charge in [0.2, 0.25) is 0 Å². The summed E-state index contributed by atoms with van der Waals surface area (Å²) >= 11 is 0. The van der Waals surface area contributed by atoms with E-state index in [2.05, 4.69) is 12.2 Å². The maximum Gasteiger partial charge on any atom is 0.0618 e. The number of methoxy groups -OCH3 is 1. The Morgan fingerprint density at radius 1 is 1.46 bits per heavy atom. The molecule has 1 N–H and O–H groups in total. The molecule has 0 aromatic rings. The van der Waals surface area contributed by atoms with E-state index in [4.69, 9.17) is 4.74 Å². The van der Waals surface area contributed by atoms with Crippen LogP contribution in [0.4, 0.5) is 0 Å². The van der Waals surface area contributed by atoms with Crippen molar-refractivity contribution in [3.8, 4) is 0 Å². The molecule has 76 valence electrons. The number of hydrogen-bond donors (Lipinski definition) is 1. The van der Waals surface area contributed by atoms with Gasteiger partial charge in [-0.15, -0.1) is 0 Å². The van der Waals surface area contributed by atoms with Crippen LogP contribution in [0.25, 0.3) is 0 Å². The molecule has 0 amide bonds. The van der Waals surface area contributed by atoms with Crippen LogP contribution in [0, 0.1) is 11.3 Å². The van der Waals surface area contributed by atoms with E-state index < -0.39 is 0 Å². The van der Waals surface area contributed by atoms with Crippen LogP contribution in [0.5, 0.6) is 0 Å². The van der Waals surface area contributed by atoms with Gasteiger partial charge >= 0.3 is 0 Å². The summed E-state index contributed by atoms with van der Waals surface area (Å²) in [6.45, 7) is 4.45. The van der Waals surface area contributed by atoms with Gasteiger partial charge in [0.15, 0.2) is 0 Å². The molecule has 2 rings (SSSR count). The van der Waals surface area contributed by atoms with Crippen molar-refractivity contribution in [1.82, 2.24) is 5.32 Å². The lowest BCUT2D eigenvalue weighted by molar-refractivity contribution is 0.154. The van der Waals surface area contributed by atoms with Crippen LogP contribution in [0.2, 0.25) is 0 Å². The minimum absolute atomic E-state index is 0.626. The molecule has 0 radical (unpaired) electrons. The molecule has 2 fully saturated rings.